The van der Waals surface area contributed by atoms with E-state index in [1.54, 1.807) is 30.1 Å². The first kappa shape index (κ1) is 17.4. The third kappa shape index (κ3) is 3.36. The molecule has 3 rings (SSSR count). The minimum Gasteiger partial charge on any atom is -0.590 e. The van der Waals surface area contributed by atoms with Crippen LogP contribution in [0.25, 0.3) is 10.1 Å². The van der Waals surface area contributed by atoms with Crippen LogP contribution in [0.5, 0.6) is 0 Å². The summed E-state index contributed by atoms with van der Waals surface area (Å²) >= 11 is 0. The standard InChI is InChI=1S/C16H18F4N2OS/c1-22-6-5-13(16(19,20)9-22)21-12-4-2-3-11-10(7-14(17)18)8-24(23)15(11)12/h2-4,8,13-14,21H,5-7,9H2,1H3. The Morgan fingerprint density at radius 2 is 2.17 bits per heavy atom. The molecule has 0 amide bonds. The summed E-state index contributed by atoms with van der Waals surface area (Å²) in [7, 11) is 0.0337. The number of anilines is 1. The lowest BCUT2D eigenvalue weighted by Crippen LogP contribution is -2.53. The molecular weight excluding hydrogens is 344 g/mol. The van der Waals surface area contributed by atoms with Crippen LogP contribution in [-0.2, 0) is 6.42 Å². The van der Waals surface area contributed by atoms with Crippen LogP contribution >= 0.6 is 10.8 Å². The van der Waals surface area contributed by atoms with Crippen LogP contribution in [0.3, 0.4) is 0 Å². The van der Waals surface area contributed by atoms with Crippen molar-refractivity contribution in [1.29, 1.82) is 0 Å². The van der Waals surface area contributed by atoms with Gasteiger partial charge in [-0.3, -0.25) is 0 Å². The van der Waals surface area contributed by atoms with Crippen LogP contribution in [0.15, 0.2) is 23.6 Å². The number of benzene rings is 1. The molecule has 2 heterocycles. The molecule has 1 aliphatic rings. The van der Waals surface area contributed by atoms with Gasteiger partial charge in [-0.2, -0.15) is 0 Å². The van der Waals surface area contributed by atoms with Gasteiger partial charge in [-0.25, -0.2) is 17.6 Å². The number of piperidine rings is 1. The number of halogens is 4. The lowest BCUT2D eigenvalue weighted by atomic mass is 10.0. The molecule has 0 saturated carbocycles. The maximum Gasteiger partial charge on any atom is 0.280 e. The number of likely N-dealkylation sites (tertiary alicyclic amines) is 1. The van der Waals surface area contributed by atoms with Crippen molar-refractivity contribution in [1.82, 2.24) is 4.90 Å². The van der Waals surface area contributed by atoms with Crippen molar-refractivity contribution in [2.45, 2.75) is 31.2 Å². The van der Waals surface area contributed by atoms with Crippen LogP contribution in [-0.4, -0.2) is 48.0 Å². The third-order valence-electron chi connectivity index (χ3n) is 4.31. The number of fused-ring (bicyclic) bond motifs is 1. The molecule has 1 saturated heterocycles. The van der Waals surface area contributed by atoms with Gasteiger partial charge < -0.3 is 14.8 Å². The maximum atomic E-state index is 14.2. The summed E-state index contributed by atoms with van der Waals surface area (Å²) in [6.07, 6.45) is -2.79. The molecule has 2 atom stereocenters. The maximum absolute atomic E-state index is 14.2. The Hall–Kier alpha value is -1.38. The third-order valence-corrected chi connectivity index (χ3v) is 5.65. The molecule has 8 heteroatoms. The highest BCUT2D eigenvalue weighted by molar-refractivity contribution is 7.30. The Morgan fingerprint density at radius 3 is 2.83 bits per heavy atom. The minimum atomic E-state index is -2.92. The fraction of sp³-hybridized carbons (Fsp3) is 0.500. The molecule has 24 heavy (non-hydrogen) atoms. The lowest BCUT2D eigenvalue weighted by molar-refractivity contribution is -0.0672. The van der Waals surface area contributed by atoms with Crippen LogP contribution in [0.4, 0.5) is 23.2 Å². The molecule has 132 valence electrons. The molecule has 0 bridgehead atoms. The van der Waals surface area contributed by atoms with Crippen molar-refractivity contribution < 1.29 is 22.1 Å². The van der Waals surface area contributed by atoms with Gasteiger partial charge >= 0.3 is 0 Å². The largest absolute Gasteiger partial charge is 0.590 e. The molecule has 2 unspecified atom stereocenters. The summed E-state index contributed by atoms with van der Waals surface area (Å²) in [6, 6.07) is 3.71. The first-order chi connectivity index (χ1) is 11.3. The number of hydrogen-bond donors (Lipinski definition) is 1. The van der Waals surface area contributed by atoms with Crippen molar-refractivity contribution in [2.75, 3.05) is 25.5 Å². The normalized spacial score (nSPS) is 22.3. The van der Waals surface area contributed by atoms with E-state index in [-0.39, 0.29) is 13.0 Å². The van der Waals surface area contributed by atoms with Gasteiger partial charge in [-0.1, -0.05) is 6.07 Å². The summed E-state index contributed by atoms with van der Waals surface area (Å²) in [5.74, 6) is -2.92. The van der Waals surface area contributed by atoms with Crippen LogP contribution in [0.2, 0.25) is 0 Å². The topological polar surface area (TPSA) is 38.3 Å². The van der Waals surface area contributed by atoms with E-state index in [1.165, 1.54) is 5.38 Å². The van der Waals surface area contributed by atoms with E-state index in [9.17, 15) is 22.1 Å². The first-order valence-corrected chi connectivity index (χ1v) is 8.85. The quantitative estimate of drug-likeness (QED) is 0.657. The fourth-order valence-corrected chi connectivity index (χ4v) is 4.53. The van der Waals surface area contributed by atoms with E-state index in [0.717, 1.165) is 0 Å². The first-order valence-electron chi connectivity index (χ1n) is 7.63. The minimum absolute atomic E-state index is 0.247. The zero-order chi connectivity index (χ0) is 17.5. The number of rotatable bonds is 4. The van der Waals surface area contributed by atoms with Crippen molar-refractivity contribution in [3.05, 3.63) is 29.1 Å². The highest BCUT2D eigenvalue weighted by Gasteiger charge is 2.44. The summed E-state index contributed by atoms with van der Waals surface area (Å²) in [4.78, 5) is 1.56. The summed E-state index contributed by atoms with van der Waals surface area (Å²) < 4.78 is 66.4. The van der Waals surface area contributed by atoms with Gasteiger partial charge in [0, 0.05) is 23.9 Å². The van der Waals surface area contributed by atoms with Crippen molar-refractivity contribution in [2.24, 2.45) is 0 Å². The van der Waals surface area contributed by atoms with E-state index in [4.69, 9.17) is 0 Å². The van der Waals surface area contributed by atoms with Crippen LogP contribution in [0.1, 0.15) is 12.0 Å². The fourth-order valence-electron chi connectivity index (χ4n) is 3.17. The number of nitrogens with zero attached hydrogens (tertiary/aromatic N) is 1. The molecule has 0 spiro atoms. The van der Waals surface area contributed by atoms with Crippen molar-refractivity contribution in [3.8, 4) is 0 Å². The zero-order valence-electron chi connectivity index (χ0n) is 13.1. The average Bonchev–Trinajstić information content (AvgIpc) is 2.78. The second kappa shape index (κ2) is 6.50. The van der Waals surface area contributed by atoms with E-state index in [2.05, 4.69) is 5.32 Å². The van der Waals surface area contributed by atoms with Gasteiger partial charge in [0.2, 0.25) is 11.1 Å². The van der Waals surface area contributed by atoms with E-state index in [0.29, 0.717) is 27.9 Å². The predicted molar refractivity (Wildman–Crippen MR) is 86.8 cm³/mol. The monoisotopic (exact) mass is 362 g/mol. The SMILES string of the molecule is CN1CCC(Nc2cccc3c(CC(F)F)c[s+]([O-])c23)C(F)(F)C1. The second-order valence-electron chi connectivity index (χ2n) is 6.20. The molecule has 3 nitrogen and oxygen atoms in total. The molecule has 1 fully saturated rings. The summed E-state index contributed by atoms with van der Waals surface area (Å²) in [6.45, 7) is 0.178. The van der Waals surface area contributed by atoms with Crippen molar-refractivity contribution >= 4 is 26.5 Å². The zero-order valence-corrected chi connectivity index (χ0v) is 13.9. The molecule has 1 aliphatic heterocycles. The molecular formula is C16H18F4N2OS. The number of hydrogen-bond acceptors (Lipinski definition) is 3. The molecule has 2 aromatic rings. The van der Waals surface area contributed by atoms with Gasteiger partial charge in [0.15, 0.2) is 0 Å². The Kier molecular flexibility index (Phi) is 4.72. The molecule has 1 aromatic carbocycles. The molecule has 1 aromatic heterocycles. The molecule has 0 aliphatic carbocycles. The van der Waals surface area contributed by atoms with Gasteiger partial charge in [0.25, 0.3) is 5.92 Å². The average molecular weight is 362 g/mol. The smallest absolute Gasteiger partial charge is 0.280 e. The Balaban J connectivity index is 1.94. The van der Waals surface area contributed by atoms with Gasteiger partial charge in [-0.15, -0.1) is 0 Å². The van der Waals surface area contributed by atoms with Crippen LogP contribution < -0.4 is 5.32 Å². The Morgan fingerprint density at radius 1 is 1.42 bits per heavy atom. The van der Waals surface area contributed by atoms with Gasteiger partial charge in [0.05, 0.1) is 18.3 Å². The number of thiophene rings is 1. The van der Waals surface area contributed by atoms with E-state index < -0.39 is 35.6 Å². The predicted octanol–water partition coefficient (Wildman–Crippen LogP) is 4.13. The van der Waals surface area contributed by atoms with Gasteiger partial charge in [0.1, 0.15) is 5.38 Å². The Bertz CT molecular complexity index is 734. The number of nitrogens with one attached hydrogen (secondary N) is 1. The van der Waals surface area contributed by atoms with E-state index in [1.807, 2.05) is 0 Å². The molecule has 1 N–H and O–H groups in total. The summed E-state index contributed by atoms with van der Waals surface area (Å²) in [5.41, 5.74) is 0.637. The highest BCUT2D eigenvalue weighted by Crippen LogP contribution is 2.40. The van der Waals surface area contributed by atoms with Crippen molar-refractivity contribution in [3.63, 3.8) is 0 Å². The Labute approximate surface area is 140 Å². The highest BCUT2D eigenvalue weighted by atomic mass is 32.2. The number of alkyl halides is 4. The van der Waals surface area contributed by atoms with Crippen LogP contribution in [0, 0.1) is 0 Å². The second-order valence-corrected chi connectivity index (χ2v) is 7.44. The van der Waals surface area contributed by atoms with E-state index >= 15 is 0 Å². The molecule has 0 radical (unpaired) electrons. The lowest BCUT2D eigenvalue weighted by Gasteiger charge is -2.37. The van der Waals surface area contributed by atoms with Gasteiger partial charge in [-0.05, 0) is 36.4 Å². The summed E-state index contributed by atoms with van der Waals surface area (Å²) in [5, 5.41) is 4.55.